The van der Waals surface area contributed by atoms with Gasteiger partial charge in [-0.3, -0.25) is 9.69 Å². The summed E-state index contributed by atoms with van der Waals surface area (Å²) in [4.78, 5) is 39.4. The van der Waals surface area contributed by atoms with Crippen LogP contribution in [0.2, 0.25) is 0 Å². The van der Waals surface area contributed by atoms with Crippen molar-refractivity contribution in [2.45, 2.75) is 36.3 Å². The number of hydrogen-bond donors (Lipinski definition) is 0. The number of carbonyl (C=O) groups excluding carboxylic acids is 2. The summed E-state index contributed by atoms with van der Waals surface area (Å²) in [5.41, 5.74) is -2.10. The van der Waals surface area contributed by atoms with Crippen molar-refractivity contribution in [2.24, 2.45) is 0 Å². The lowest BCUT2D eigenvalue weighted by Crippen LogP contribution is -2.55. The normalized spacial score (nSPS) is 21.1. The van der Waals surface area contributed by atoms with E-state index in [0.29, 0.717) is 36.5 Å². The van der Waals surface area contributed by atoms with Crippen molar-refractivity contribution >= 4 is 27.7 Å². The van der Waals surface area contributed by atoms with Crippen LogP contribution in [0.4, 0.5) is 10.5 Å². The van der Waals surface area contributed by atoms with E-state index in [4.69, 9.17) is 9.47 Å². The molecule has 0 saturated carbocycles. The first-order valence-electron chi connectivity index (χ1n) is 15.4. The molecule has 0 spiro atoms. The highest BCUT2D eigenvalue weighted by Crippen LogP contribution is 2.51. The number of sulfonamides is 1. The fraction of sp³-hybridized carbons (Fsp3) is 0.394. The van der Waals surface area contributed by atoms with Crippen LogP contribution < -0.4 is 9.04 Å². The quantitative estimate of drug-likeness (QED) is 0.377. The lowest BCUT2D eigenvalue weighted by Gasteiger charge is -2.42. The maximum Gasteiger partial charge on any atom is 0.411 e. The van der Waals surface area contributed by atoms with Crippen LogP contribution in [0, 0.1) is 11.3 Å². The first-order valence-corrected chi connectivity index (χ1v) is 16.8. The zero-order chi connectivity index (χ0) is 32.5. The first-order chi connectivity index (χ1) is 22.2. The molecule has 2 amide bonds. The van der Waals surface area contributed by atoms with Crippen molar-refractivity contribution in [2.75, 3.05) is 57.2 Å². The van der Waals surface area contributed by atoms with E-state index in [2.05, 4.69) is 27.9 Å². The van der Waals surface area contributed by atoms with Crippen molar-refractivity contribution in [3.8, 4) is 11.9 Å². The molecule has 6 rings (SSSR count). The van der Waals surface area contributed by atoms with Crippen LogP contribution >= 0.6 is 0 Å². The molecule has 0 N–H and O–H groups in total. The predicted octanol–water partition coefficient (Wildman–Crippen LogP) is 3.18. The fourth-order valence-corrected chi connectivity index (χ4v) is 8.00. The number of piperazine rings is 1. The molecule has 1 aromatic heterocycles. The summed E-state index contributed by atoms with van der Waals surface area (Å²) in [6, 6.07) is 17.3. The van der Waals surface area contributed by atoms with Crippen molar-refractivity contribution < 1.29 is 27.5 Å². The number of anilines is 1. The summed E-state index contributed by atoms with van der Waals surface area (Å²) in [7, 11) is -2.37. The van der Waals surface area contributed by atoms with E-state index in [1.54, 1.807) is 36.1 Å². The Labute approximate surface area is 268 Å². The Bertz CT molecular complexity index is 1760. The SMILES string of the molecule is CCOc1ncccc1C1(OC(=O)N2CCN(C3CCN(C)CC3)CC2)C(=O)N(S(=O)(=O)c2ccccc2)c2ccc(C#N)cc21. The Morgan fingerprint density at radius 1 is 1.00 bits per heavy atom. The summed E-state index contributed by atoms with van der Waals surface area (Å²) >= 11 is 0. The van der Waals surface area contributed by atoms with Crippen molar-refractivity contribution in [1.82, 2.24) is 19.7 Å². The molecule has 0 radical (unpaired) electrons. The number of aromatic nitrogens is 1. The minimum atomic E-state index is -4.48. The molecule has 3 aliphatic heterocycles. The molecule has 46 heavy (non-hydrogen) atoms. The first kappa shape index (κ1) is 31.5. The summed E-state index contributed by atoms with van der Waals surface area (Å²) in [5, 5.41) is 9.82. The number of pyridine rings is 1. The Hall–Kier alpha value is -4.51. The number of likely N-dealkylation sites (tertiary alicyclic amines) is 1. The molecule has 1 atom stereocenters. The molecular formula is C33H36N6O6S. The summed E-state index contributed by atoms with van der Waals surface area (Å²) in [5.74, 6) is -1.03. The minimum absolute atomic E-state index is 0.00510. The number of hydrogen-bond acceptors (Lipinski definition) is 10. The summed E-state index contributed by atoms with van der Waals surface area (Å²) in [6.07, 6.45) is 2.80. The van der Waals surface area contributed by atoms with Crippen LogP contribution in [0.3, 0.4) is 0 Å². The van der Waals surface area contributed by atoms with Gasteiger partial charge in [0, 0.05) is 44.0 Å². The third-order valence-corrected chi connectivity index (χ3v) is 10.7. The largest absolute Gasteiger partial charge is 0.478 e. The number of carbonyl (C=O) groups is 2. The number of piperidine rings is 1. The topological polar surface area (TPSA) is 136 Å². The van der Waals surface area contributed by atoms with Gasteiger partial charge in [-0.15, -0.1) is 0 Å². The average molecular weight is 645 g/mol. The van der Waals surface area contributed by atoms with Gasteiger partial charge in [-0.1, -0.05) is 18.2 Å². The molecule has 0 aliphatic carbocycles. The molecule has 3 aromatic rings. The van der Waals surface area contributed by atoms with Gasteiger partial charge in [0.1, 0.15) is 0 Å². The highest BCUT2D eigenvalue weighted by atomic mass is 32.2. The van der Waals surface area contributed by atoms with E-state index in [0.717, 1.165) is 25.9 Å². The van der Waals surface area contributed by atoms with Gasteiger partial charge in [-0.25, -0.2) is 18.2 Å². The van der Waals surface area contributed by atoms with Gasteiger partial charge >= 0.3 is 6.09 Å². The van der Waals surface area contributed by atoms with Crippen LogP contribution in [-0.2, 0) is 25.2 Å². The summed E-state index contributed by atoms with van der Waals surface area (Å²) < 4.78 is 41.0. The Kier molecular flexibility index (Phi) is 8.69. The van der Waals surface area contributed by atoms with E-state index in [9.17, 15) is 23.3 Å². The second-order valence-electron chi connectivity index (χ2n) is 11.6. The molecule has 2 aromatic carbocycles. The van der Waals surface area contributed by atoms with Crippen LogP contribution in [0.25, 0.3) is 0 Å². The van der Waals surface area contributed by atoms with Gasteiger partial charge in [0.05, 0.1) is 34.4 Å². The van der Waals surface area contributed by atoms with E-state index in [-0.39, 0.29) is 39.8 Å². The van der Waals surface area contributed by atoms with Gasteiger partial charge < -0.3 is 19.3 Å². The highest BCUT2D eigenvalue weighted by molar-refractivity contribution is 7.93. The molecule has 4 heterocycles. The fourth-order valence-electron chi connectivity index (χ4n) is 6.52. The molecule has 1 unspecified atom stereocenters. The minimum Gasteiger partial charge on any atom is -0.478 e. The maximum atomic E-state index is 14.8. The zero-order valence-electron chi connectivity index (χ0n) is 25.8. The monoisotopic (exact) mass is 644 g/mol. The molecule has 2 fully saturated rings. The van der Waals surface area contributed by atoms with Gasteiger partial charge in [-0.2, -0.15) is 9.57 Å². The van der Waals surface area contributed by atoms with Crippen LogP contribution in [0.1, 0.15) is 36.5 Å². The van der Waals surface area contributed by atoms with Crippen molar-refractivity contribution in [1.29, 1.82) is 5.26 Å². The van der Waals surface area contributed by atoms with Gasteiger partial charge in [-0.05, 0) is 82.4 Å². The number of amides is 2. The van der Waals surface area contributed by atoms with Crippen LogP contribution in [0.5, 0.6) is 5.88 Å². The van der Waals surface area contributed by atoms with Crippen molar-refractivity contribution in [3.63, 3.8) is 0 Å². The van der Waals surface area contributed by atoms with E-state index in [1.807, 2.05) is 0 Å². The van der Waals surface area contributed by atoms with E-state index >= 15 is 0 Å². The van der Waals surface area contributed by atoms with Gasteiger partial charge in [0.15, 0.2) is 0 Å². The standard InChI is InChI=1S/C33H36N6O6S/c1-3-44-30-27(10-7-15-35-30)33(45-32(41)38-20-18-37(19-21-38)25-13-16-36(2)17-14-25)28-22-24(23-34)11-12-29(28)39(31(33)40)46(42,43)26-8-5-4-6-9-26/h4-12,15,22,25H,3,13-14,16-21H2,1-2H3. The second-order valence-corrected chi connectivity index (χ2v) is 13.4. The number of nitriles is 1. The molecule has 12 nitrogen and oxygen atoms in total. The van der Waals surface area contributed by atoms with Crippen molar-refractivity contribution in [3.05, 3.63) is 83.6 Å². The average Bonchev–Trinajstić information content (AvgIpc) is 3.33. The number of ether oxygens (including phenoxy) is 2. The molecule has 2 saturated heterocycles. The number of fused-ring (bicyclic) bond motifs is 1. The molecule has 0 bridgehead atoms. The van der Waals surface area contributed by atoms with Gasteiger partial charge in [0.25, 0.3) is 21.5 Å². The Morgan fingerprint density at radius 3 is 2.39 bits per heavy atom. The third-order valence-electron chi connectivity index (χ3n) is 8.94. The Balaban J connectivity index is 1.43. The van der Waals surface area contributed by atoms with E-state index < -0.39 is 27.6 Å². The zero-order valence-corrected chi connectivity index (χ0v) is 26.6. The lowest BCUT2D eigenvalue weighted by molar-refractivity contribution is -0.132. The number of benzene rings is 2. The maximum absolute atomic E-state index is 14.8. The van der Waals surface area contributed by atoms with Gasteiger partial charge in [0.2, 0.25) is 5.88 Å². The molecule has 3 aliphatic rings. The highest BCUT2D eigenvalue weighted by Gasteiger charge is 2.61. The smallest absolute Gasteiger partial charge is 0.411 e. The molecule has 240 valence electrons. The number of rotatable bonds is 7. The lowest BCUT2D eigenvalue weighted by atomic mass is 9.87. The number of nitrogens with zero attached hydrogens (tertiary/aromatic N) is 6. The summed E-state index contributed by atoms with van der Waals surface area (Å²) in [6.45, 7) is 6.00. The predicted molar refractivity (Wildman–Crippen MR) is 169 cm³/mol. The molecular weight excluding hydrogens is 608 g/mol. The van der Waals surface area contributed by atoms with E-state index in [1.165, 1.54) is 42.6 Å². The molecule has 13 heteroatoms. The van der Waals surface area contributed by atoms with Crippen LogP contribution in [0.15, 0.2) is 71.8 Å². The second kappa shape index (κ2) is 12.7. The Morgan fingerprint density at radius 2 is 1.72 bits per heavy atom. The third kappa shape index (κ3) is 5.46. The van der Waals surface area contributed by atoms with Crippen LogP contribution in [-0.4, -0.2) is 99.1 Å².